The van der Waals surface area contributed by atoms with Gasteiger partial charge in [0.25, 0.3) is 0 Å². The molecule has 0 spiro atoms. The second-order valence-corrected chi connectivity index (χ2v) is 5.97. The lowest BCUT2D eigenvalue weighted by atomic mass is 9.95. The number of nitrogens with zero attached hydrogens (tertiary/aromatic N) is 3. The Labute approximate surface area is 119 Å². The minimum Gasteiger partial charge on any atom is -0.363 e. The number of anilines is 1. The highest BCUT2D eigenvalue weighted by molar-refractivity contribution is 5.73. The van der Waals surface area contributed by atoms with Crippen LogP contribution in [0.2, 0.25) is 0 Å². The molecule has 2 aromatic heterocycles. The fourth-order valence-electron chi connectivity index (χ4n) is 3.00. The Hall–Kier alpha value is -1.62. The second-order valence-electron chi connectivity index (χ2n) is 5.97. The van der Waals surface area contributed by atoms with Gasteiger partial charge in [-0.3, -0.25) is 0 Å². The third-order valence-corrected chi connectivity index (χ3v) is 4.23. The molecule has 1 saturated carbocycles. The Morgan fingerprint density at radius 1 is 1.15 bits per heavy atom. The van der Waals surface area contributed by atoms with E-state index in [2.05, 4.69) is 16.0 Å². The van der Waals surface area contributed by atoms with Crippen molar-refractivity contribution in [3.63, 3.8) is 0 Å². The molecule has 3 rings (SSSR count). The Balaban J connectivity index is 1.95. The summed E-state index contributed by atoms with van der Waals surface area (Å²) in [4.78, 5) is 14.7. The van der Waals surface area contributed by atoms with Crippen LogP contribution in [0.25, 0.3) is 11.2 Å². The Morgan fingerprint density at radius 3 is 2.75 bits per heavy atom. The number of hydrogen-bond donors (Lipinski definition) is 2. The average Bonchev–Trinajstić information content (AvgIpc) is 2.72. The van der Waals surface area contributed by atoms with E-state index in [4.69, 9.17) is 10.7 Å². The van der Waals surface area contributed by atoms with Crippen molar-refractivity contribution in [3.05, 3.63) is 18.0 Å². The van der Waals surface area contributed by atoms with Gasteiger partial charge >= 0.3 is 0 Å². The molecule has 1 aliphatic carbocycles. The molecule has 0 aliphatic heterocycles. The highest BCUT2D eigenvalue weighted by Gasteiger charge is 2.25. The predicted octanol–water partition coefficient (Wildman–Crippen LogP) is 2.40. The SMILES string of the molecule is CN(C)c1ccc2[nH]c(C3CCCCCC3N)nc2n1. The first-order chi connectivity index (χ1) is 9.65. The molecule has 2 unspecified atom stereocenters. The van der Waals surface area contributed by atoms with Crippen molar-refractivity contribution in [2.75, 3.05) is 19.0 Å². The van der Waals surface area contributed by atoms with Gasteiger partial charge in [0, 0.05) is 26.1 Å². The smallest absolute Gasteiger partial charge is 0.179 e. The summed E-state index contributed by atoms with van der Waals surface area (Å²) in [5, 5.41) is 0. The molecule has 2 aromatic rings. The maximum absolute atomic E-state index is 6.32. The summed E-state index contributed by atoms with van der Waals surface area (Å²) in [5.41, 5.74) is 8.12. The van der Waals surface area contributed by atoms with Crippen LogP contribution in [-0.2, 0) is 0 Å². The molecule has 0 bridgehead atoms. The van der Waals surface area contributed by atoms with E-state index >= 15 is 0 Å². The van der Waals surface area contributed by atoms with Gasteiger partial charge in [0.2, 0.25) is 0 Å². The van der Waals surface area contributed by atoms with Crippen LogP contribution in [0.1, 0.15) is 43.8 Å². The van der Waals surface area contributed by atoms with Crippen molar-refractivity contribution in [2.45, 2.75) is 44.1 Å². The zero-order valence-corrected chi connectivity index (χ0v) is 12.3. The minimum atomic E-state index is 0.214. The number of aromatic amines is 1. The molecule has 2 atom stereocenters. The number of imidazole rings is 1. The Morgan fingerprint density at radius 2 is 1.95 bits per heavy atom. The number of H-pyrrole nitrogens is 1. The van der Waals surface area contributed by atoms with Crippen molar-refractivity contribution in [1.82, 2.24) is 15.0 Å². The average molecular weight is 273 g/mol. The number of rotatable bonds is 2. The summed E-state index contributed by atoms with van der Waals surface area (Å²) >= 11 is 0. The normalized spacial score (nSPS) is 23.8. The third-order valence-electron chi connectivity index (χ3n) is 4.23. The monoisotopic (exact) mass is 273 g/mol. The number of nitrogens with two attached hydrogens (primary N) is 1. The summed E-state index contributed by atoms with van der Waals surface area (Å²) in [6.07, 6.45) is 5.99. The lowest BCUT2D eigenvalue weighted by Crippen LogP contribution is -2.28. The van der Waals surface area contributed by atoms with E-state index in [0.29, 0.717) is 5.92 Å². The Bertz CT molecular complexity index is 589. The molecule has 0 saturated heterocycles. The zero-order chi connectivity index (χ0) is 14.1. The Kier molecular flexibility index (Phi) is 3.61. The highest BCUT2D eigenvalue weighted by Crippen LogP contribution is 2.30. The van der Waals surface area contributed by atoms with E-state index in [9.17, 15) is 0 Å². The van der Waals surface area contributed by atoms with Crippen LogP contribution in [0.15, 0.2) is 12.1 Å². The molecule has 5 heteroatoms. The number of nitrogens with one attached hydrogen (secondary N) is 1. The van der Waals surface area contributed by atoms with E-state index in [-0.39, 0.29) is 6.04 Å². The molecule has 0 radical (unpaired) electrons. The van der Waals surface area contributed by atoms with Crippen molar-refractivity contribution < 1.29 is 0 Å². The molecule has 1 fully saturated rings. The van der Waals surface area contributed by atoms with E-state index in [0.717, 1.165) is 35.6 Å². The molecule has 3 N–H and O–H groups in total. The fourth-order valence-corrected chi connectivity index (χ4v) is 3.00. The molecular formula is C15H23N5. The standard InChI is InChI=1S/C15H23N5/c1-20(2)13-9-8-12-15(18-13)19-14(17-12)10-6-4-3-5-7-11(10)16/h8-11H,3-7,16H2,1-2H3,(H,17,18,19). The van der Waals surface area contributed by atoms with Gasteiger partial charge in [0.15, 0.2) is 5.65 Å². The van der Waals surface area contributed by atoms with E-state index < -0.39 is 0 Å². The first-order valence-electron chi connectivity index (χ1n) is 7.44. The second kappa shape index (κ2) is 5.40. The fraction of sp³-hybridized carbons (Fsp3) is 0.600. The first kappa shape index (κ1) is 13.4. The first-order valence-corrected chi connectivity index (χ1v) is 7.44. The van der Waals surface area contributed by atoms with Crippen LogP contribution in [0.3, 0.4) is 0 Å². The van der Waals surface area contributed by atoms with E-state index in [1.54, 1.807) is 0 Å². The molecule has 108 valence electrons. The van der Waals surface area contributed by atoms with Gasteiger partial charge in [-0.25, -0.2) is 9.97 Å². The van der Waals surface area contributed by atoms with E-state index in [1.165, 1.54) is 19.3 Å². The number of pyridine rings is 1. The van der Waals surface area contributed by atoms with Crippen LogP contribution < -0.4 is 10.6 Å². The molecule has 0 aromatic carbocycles. The topological polar surface area (TPSA) is 70.8 Å². The molecule has 20 heavy (non-hydrogen) atoms. The van der Waals surface area contributed by atoms with Gasteiger partial charge in [-0.15, -0.1) is 0 Å². The van der Waals surface area contributed by atoms with Crippen LogP contribution in [0, 0.1) is 0 Å². The lowest BCUT2D eigenvalue weighted by molar-refractivity contribution is 0.488. The van der Waals surface area contributed by atoms with Crippen LogP contribution in [0.5, 0.6) is 0 Å². The summed E-state index contributed by atoms with van der Waals surface area (Å²) in [6, 6.07) is 4.28. The number of aromatic nitrogens is 3. The van der Waals surface area contributed by atoms with Crippen molar-refractivity contribution in [3.8, 4) is 0 Å². The molecule has 5 nitrogen and oxygen atoms in total. The van der Waals surface area contributed by atoms with Crippen LogP contribution >= 0.6 is 0 Å². The van der Waals surface area contributed by atoms with Crippen LogP contribution in [-0.4, -0.2) is 35.1 Å². The predicted molar refractivity (Wildman–Crippen MR) is 82.0 cm³/mol. The van der Waals surface area contributed by atoms with Crippen molar-refractivity contribution >= 4 is 17.0 Å². The summed E-state index contributed by atoms with van der Waals surface area (Å²) < 4.78 is 0. The number of hydrogen-bond acceptors (Lipinski definition) is 4. The molecule has 2 heterocycles. The van der Waals surface area contributed by atoms with E-state index in [1.807, 2.05) is 25.1 Å². The maximum atomic E-state index is 6.32. The van der Waals surface area contributed by atoms with Gasteiger partial charge in [-0.05, 0) is 25.0 Å². The number of fused-ring (bicyclic) bond motifs is 1. The van der Waals surface area contributed by atoms with Crippen molar-refractivity contribution in [2.24, 2.45) is 5.73 Å². The summed E-state index contributed by atoms with van der Waals surface area (Å²) in [6.45, 7) is 0. The molecule has 0 amide bonds. The quantitative estimate of drug-likeness (QED) is 0.824. The largest absolute Gasteiger partial charge is 0.363 e. The van der Waals surface area contributed by atoms with Gasteiger partial charge < -0.3 is 15.6 Å². The maximum Gasteiger partial charge on any atom is 0.179 e. The summed E-state index contributed by atoms with van der Waals surface area (Å²) in [7, 11) is 3.98. The van der Waals surface area contributed by atoms with Crippen molar-refractivity contribution in [1.29, 1.82) is 0 Å². The van der Waals surface area contributed by atoms with Gasteiger partial charge in [-0.1, -0.05) is 19.3 Å². The molecular weight excluding hydrogens is 250 g/mol. The van der Waals surface area contributed by atoms with Gasteiger partial charge in [-0.2, -0.15) is 0 Å². The third kappa shape index (κ3) is 2.50. The van der Waals surface area contributed by atoms with Gasteiger partial charge in [0.05, 0.1) is 5.52 Å². The summed E-state index contributed by atoms with van der Waals surface area (Å²) in [5.74, 6) is 2.29. The highest BCUT2D eigenvalue weighted by atomic mass is 15.2. The lowest BCUT2D eigenvalue weighted by Gasteiger charge is -2.18. The molecule has 1 aliphatic rings. The minimum absolute atomic E-state index is 0.214. The van der Waals surface area contributed by atoms with Crippen LogP contribution in [0.4, 0.5) is 5.82 Å². The van der Waals surface area contributed by atoms with Gasteiger partial charge in [0.1, 0.15) is 11.6 Å². The zero-order valence-electron chi connectivity index (χ0n) is 12.3.